The Morgan fingerprint density at radius 3 is 0.787 bits per heavy atom. The number of anilines is 3. The molecule has 444 valence electrons. The summed E-state index contributed by atoms with van der Waals surface area (Å²) in [6.45, 7) is 12.2. The fraction of sp³-hybridized carbons (Fsp3) is 0.950. The molecule has 0 atom stereocenters. The van der Waals surface area contributed by atoms with Crippen LogP contribution in [0.3, 0.4) is 0 Å². The summed E-state index contributed by atoms with van der Waals surface area (Å²) >= 11 is 0. The zero-order valence-electron chi connectivity index (χ0n) is 50.0. The van der Waals surface area contributed by atoms with E-state index in [0.29, 0.717) is 61.8 Å². The van der Waals surface area contributed by atoms with Gasteiger partial charge in [-0.25, -0.2) is 0 Å². The molecular weight excluding hydrogens is 947 g/mol. The first-order valence-electron chi connectivity index (χ1n) is 31.3. The number of rotatable bonds is 61. The molecule has 0 saturated carbocycles. The molecule has 1 heterocycles. The first-order chi connectivity index (χ1) is 37.0. The summed E-state index contributed by atoms with van der Waals surface area (Å²) in [7, 11) is 4.95. The first-order valence-corrected chi connectivity index (χ1v) is 31.3. The van der Waals surface area contributed by atoms with E-state index in [4.69, 9.17) is 43.4 Å². The maximum absolute atomic E-state index is 9.78. The van der Waals surface area contributed by atoms with Crippen LogP contribution in [0.2, 0.25) is 0 Å². The average molecular weight is 1070 g/mol. The van der Waals surface area contributed by atoms with Crippen molar-refractivity contribution in [1.29, 1.82) is 0 Å². The molecule has 1 aromatic rings. The molecule has 0 aliphatic rings. The molecule has 2 N–H and O–H groups in total. The van der Waals surface area contributed by atoms with Crippen molar-refractivity contribution in [3.63, 3.8) is 0 Å². The maximum Gasteiger partial charge on any atom is 0.235 e. The Bertz CT molecular complexity index is 1250. The number of methoxy groups -OCH3 is 3. The van der Waals surface area contributed by atoms with Crippen LogP contribution < -0.4 is 14.7 Å². The summed E-state index contributed by atoms with van der Waals surface area (Å²) in [6.07, 6.45) is 48.4. The number of aliphatic hydroxyl groups is 2. The van der Waals surface area contributed by atoms with E-state index in [2.05, 4.69) is 20.8 Å². The number of nitrogens with zero attached hydrogens (tertiary/aromatic N) is 7. The van der Waals surface area contributed by atoms with Crippen molar-refractivity contribution in [2.24, 2.45) is 0 Å². The van der Waals surface area contributed by atoms with Crippen LogP contribution >= 0.6 is 0 Å². The fourth-order valence-corrected chi connectivity index (χ4v) is 9.92. The van der Waals surface area contributed by atoms with Gasteiger partial charge in [-0.1, -0.05) is 232 Å². The van der Waals surface area contributed by atoms with Gasteiger partial charge in [-0.2, -0.15) is 15.0 Å². The maximum atomic E-state index is 9.78. The number of aromatic nitrogens is 3. The SMILES string of the molecule is CCCCCCCCCCCCCCCCCCCCOCN(COC)c1nc(N(COC)COCCCCCCCCCCCCCCCCCCCC)nc(N(COC)COCC[N+](CC)(CCO)CCO)n1. The van der Waals surface area contributed by atoms with Gasteiger partial charge < -0.3 is 43.1 Å². The van der Waals surface area contributed by atoms with Crippen LogP contribution in [0, 0.1) is 0 Å². The van der Waals surface area contributed by atoms with E-state index in [1.54, 1.807) is 21.3 Å². The molecule has 0 amide bonds. The lowest BCUT2D eigenvalue weighted by molar-refractivity contribution is -0.927. The molecule has 1 rings (SSSR count). The van der Waals surface area contributed by atoms with E-state index < -0.39 is 0 Å². The van der Waals surface area contributed by atoms with Gasteiger partial charge in [0.15, 0.2) is 0 Å². The lowest BCUT2D eigenvalue weighted by Crippen LogP contribution is -2.53. The standard InChI is InChI=1S/C60H122N7O8/c1-7-10-12-14-16-18-20-22-24-26-28-30-32-34-36-38-40-42-49-73-55-64(52-70-4)58-61-59(63-60(62-58)66(54-72-6)57-75-51-46-67(9-3,44-47-68)45-48-69)65(53-71-5)56-74-50-43-41-39-37-35-33-31-29-27-25-23-21-19-17-15-13-11-8-2/h68-69H,7-57H2,1-6H3/q+1. The smallest absolute Gasteiger partial charge is 0.235 e. The summed E-state index contributed by atoms with van der Waals surface area (Å²) in [5.74, 6) is 1.16. The van der Waals surface area contributed by atoms with Gasteiger partial charge in [0.1, 0.15) is 60.0 Å². The van der Waals surface area contributed by atoms with Crippen molar-refractivity contribution in [2.75, 3.05) is 136 Å². The Morgan fingerprint density at radius 1 is 0.320 bits per heavy atom. The van der Waals surface area contributed by atoms with Crippen LogP contribution in [0.25, 0.3) is 0 Å². The zero-order chi connectivity index (χ0) is 54.4. The predicted molar refractivity (Wildman–Crippen MR) is 312 cm³/mol. The monoisotopic (exact) mass is 1070 g/mol. The Balaban J connectivity index is 2.75. The minimum atomic E-state index is 0.0442. The predicted octanol–water partition coefficient (Wildman–Crippen LogP) is 13.9. The van der Waals surface area contributed by atoms with Crippen molar-refractivity contribution in [3.8, 4) is 0 Å². The summed E-state index contributed by atoms with van der Waals surface area (Å²) < 4.78 is 36.3. The van der Waals surface area contributed by atoms with Gasteiger partial charge in [0.05, 0.1) is 26.4 Å². The van der Waals surface area contributed by atoms with E-state index in [-0.39, 0.29) is 53.6 Å². The minimum absolute atomic E-state index is 0.0442. The molecule has 0 unspecified atom stereocenters. The zero-order valence-corrected chi connectivity index (χ0v) is 50.0. The quantitative estimate of drug-likeness (QED) is 0.0363. The normalized spacial score (nSPS) is 11.8. The number of unbranched alkanes of at least 4 members (excludes halogenated alkanes) is 34. The molecule has 0 spiro atoms. The molecule has 0 bridgehead atoms. The Morgan fingerprint density at radius 2 is 0.560 bits per heavy atom. The van der Waals surface area contributed by atoms with Crippen molar-refractivity contribution in [2.45, 2.75) is 252 Å². The number of aliphatic hydroxyl groups excluding tert-OH is 2. The van der Waals surface area contributed by atoms with E-state index in [9.17, 15) is 10.2 Å². The molecule has 0 aromatic carbocycles. The molecular formula is C60H122N7O8+. The average Bonchev–Trinajstić information content (AvgIpc) is 3.42. The van der Waals surface area contributed by atoms with Gasteiger partial charge in [0, 0.05) is 34.5 Å². The van der Waals surface area contributed by atoms with Crippen molar-refractivity contribution >= 4 is 17.8 Å². The first kappa shape index (κ1) is 71.1. The highest BCUT2D eigenvalue weighted by molar-refractivity contribution is 5.45. The van der Waals surface area contributed by atoms with Crippen LogP contribution in [-0.4, -0.2) is 151 Å². The molecule has 0 saturated heterocycles. The number of quaternary nitrogens is 1. The second-order valence-electron chi connectivity index (χ2n) is 21.5. The summed E-state index contributed by atoms with van der Waals surface area (Å²) in [6, 6.07) is 0. The molecule has 0 radical (unpaired) electrons. The largest absolute Gasteiger partial charge is 0.391 e. The van der Waals surface area contributed by atoms with Crippen LogP contribution in [0.15, 0.2) is 0 Å². The van der Waals surface area contributed by atoms with Crippen molar-refractivity contribution < 1.29 is 43.1 Å². The van der Waals surface area contributed by atoms with Crippen molar-refractivity contribution in [1.82, 2.24) is 15.0 Å². The molecule has 75 heavy (non-hydrogen) atoms. The summed E-state index contributed by atoms with van der Waals surface area (Å²) in [5.41, 5.74) is 0. The van der Waals surface area contributed by atoms with Gasteiger partial charge in [-0.05, 0) is 19.8 Å². The van der Waals surface area contributed by atoms with Crippen LogP contribution in [0.5, 0.6) is 0 Å². The summed E-state index contributed by atoms with van der Waals surface area (Å²) in [5, 5.41) is 19.6. The summed E-state index contributed by atoms with van der Waals surface area (Å²) in [4.78, 5) is 20.4. The van der Waals surface area contributed by atoms with E-state index in [1.807, 2.05) is 14.7 Å². The number of ether oxygens (including phenoxy) is 6. The number of hydrogen-bond acceptors (Lipinski definition) is 14. The molecule has 15 nitrogen and oxygen atoms in total. The highest BCUT2D eigenvalue weighted by Crippen LogP contribution is 2.22. The molecule has 0 aliphatic carbocycles. The lowest BCUT2D eigenvalue weighted by atomic mass is 10.0. The second-order valence-corrected chi connectivity index (χ2v) is 21.5. The molecule has 15 heteroatoms. The van der Waals surface area contributed by atoms with E-state index in [1.165, 1.54) is 205 Å². The number of likely N-dealkylation sites (N-methyl/N-ethyl adjacent to an activating group) is 1. The third-order valence-corrected chi connectivity index (χ3v) is 14.9. The van der Waals surface area contributed by atoms with Crippen LogP contribution in [-0.2, 0) is 28.4 Å². The fourth-order valence-electron chi connectivity index (χ4n) is 9.92. The Hall–Kier alpha value is -1.95. The molecule has 0 fully saturated rings. The third kappa shape index (κ3) is 40.0. The Labute approximate surface area is 461 Å². The third-order valence-electron chi connectivity index (χ3n) is 14.9. The van der Waals surface area contributed by atoms with E-state index >= 15 is 0 Å². The topological polar surface area (TPSA) is 144 Å². The van der Waals surface area contributed by atoms with Crippen LogP contribution in [0.4, 0.5) is 17.8 Å². The highest BCUT2D eigenvalue weighted by Gasteiger charge is 2.25. The molecule has 0 aliphatic heterocycles. The van der Waals surface area contributed by atoms with Crippen molar-refractivity contribution in [3.05, 3.63) is 0 Å². The van der Waals surface area contributed by atoms with E-state index in [0.717, 1.165) is 32.2 Å². The van der Waals surface area contributed by atoms with Gasteiger partial charge in [0.2, 0.25) is 17.8 Å². The highest BCUT2D eigenvalue weighted by atomic mass is 16.5. The van der Waals surface area contributed by atoms with Gasteiger partial charge in [-0.15, -0.1) is 0 Å². The molecule has 1 aromatic heterocycles. The minimum Gasteiger partial charge on any atom is -0.391 e. The number of hydrogen-bond donors (Lipinski definition) is 2. The van der Waals surface area contributed by atoms with Gasteiger partial charge in [0.25, 0.3) is 0 Å². The Kier molecular flexibility index (Phi) is 51.2. The van der Waals surface area contributed by atoms with Crippen LogP contribution in [0.1, 0.15) is 252 Å². The van der Waals surface area contributed by atoms with Gasteiger partial charge >= 0.3 is 0 Å². The second kappa shape index (κ2) is 54.0. The lowest BCUT2D eigenvalue weighted by Gasteiger charge is -2.37. The van der Waals surface area contributed by atoms with Gasteiger partial charge in [-0.3, -0.25) is 14.7 Å².